The summed E-state index contributed by atoms with van der Waals surface area (Å²) in [5.74, 6) is 0.882. The van der Waals surface area contributed by atoms with Crippen LogP contribution in [0.3, 0.4) is 0 Å². The van der Waals surface area contributed by atoms with E-state index in [1.807, 2.05) is 24.3 Å². The molecule has 0 amide bonds. The number of hydrogen-bond donors (Lipinski definition) is 0. The molecule has 0 aliphatic heterocycles. The van der Waals surface area contributed by atoms with Gasteiger partial charge in [-0.25, -0.2) is 0 Å². The van der Waals surface area contributed by atoms with Gasteiger partial charge in [-0.05, 0) is 24.1 Å². The Morgan fingerprint density at radius 3 is 2.57 bits per heavy atom. The zero-order valence-corrected chi connectivity index (χ0v) is 8.53. The van der Waals surface area contributed by atoms with E-state index in [0.29, 0.717) is 6.42 Å². The fraction of sp³-hybridized carbons (Fsp3) is 0.417. The van der Waals surface area contributed by atoms with E-state index < -0.39 is 0 Å². The molecule has 0 aliphatic rings. The third-order valence-corrected chi connectivity index (χ3v) is 2.01. The monoisotopic (exact) mass is 192 g/mol. The normalized spacial score (nSPS) is 9.79. The van der Waals surface area contributed by atoms with Crippen LogP contribution in [-0.2, 0) is 11.2 Å². The second-order valence-corrected chi connectivity index (χ2v) is 3.22. The van der Waals surface area contributed by atoms with E-state index >= 15 is 0 Å². The molecule has 1 aromatic rings. The predicted octanol–water partition coefficient (Wildman–Crippen LogP) is 2.61. The molecule has 1 rings (SSSR count). The lowest BCUT2D eigenvalue weighted by Crippen LogP contribution is -1.96. The van der Waals surface area contributed by atoms with Crippen molar-refractivity contribution >= 4 is 6.29 Å². The fourth-order valence-corrected chi connectivity index (χ4v) is 1.15. The molecule has 0 radical (unpaired) electrons. The lowest BCUT2D eigenvalue weighted by molar-refractivity contribution is -0.107. The standard InChI is InChI=1S/C12H16O2/c1-2-3-10-14-12-6-4-11(5-7-12)8-9-13/h4-7,9H,2-3,8,10H2,1H3. The molecular weight excluding hydrogens is 176 g/mol. The first-order valence-corrected chi connectivity index (χ1v) is 5.02. The summed E-state index contributed by atoms with van der Waals surface area (Å²) in [4.78, 5) is 10.2. The van der Waals surface area contributed by atoms with Crippen LogP contribution in [0.5, 0.6) is 5.75 Å². The van der Waals surface area contributed by atoms with Crippen LogP contribution in [0.1, 0.15) is 25.3 Å². The Hall–Kier alpha value is -1.31. The maximum absolute atomic E-state index is 10.2. The lowest BCUT2D eigenvalue weighted by Gasteiger charge is -2.05. The smallest absolute Gasteiger partial charge is 0.124 e. The Bertz CT molecular complexity index is 264. The highest BCUT2D eigenvalue weighted by molar-refractivity contribution is 5.55. The molecule has 0 saturated heterocycles. The average Bonchev–Trinajstić information content (AvgIpc) is 2.21. The number of unbranched alkanes of at least 4 members (excludes halogenated alkanes) is 1. The zero-order valence-electron chi connectivity index (χ0n) is 8.53. The topological polar surface area (TPSA) is 26.3 Å². The lowest BCUT2D eigenvalue weighted by atomic mass is 10.2. The van der Waals surface area contributed by atoms with E-state index in [4.69, 9.17) is 4.74 Å². The molecule has 1 aromatic carbocycles. The molecule has 2 heteroatoms. The van der Waals surface area contributed by atoms with Crippen molar-refractivity contribution in [1.82, 2.24) is 0 Å². The molecule has 0 N–H and O–H groups in total. The molecule has 0 aromatic heterocycles. The maximum atomic E-state index is 10.2. The highest BCUT2D eigenvalue weighted by atomic mass is 16.5. The number of aldehydes is 1. The predicted molar refractivity (Wildman–Crippen MR) is 56.6 cm³/mol. The van der Waals surface area contributed by atoms with Gasteiger partial charge in [0, 0.05) is 6.42 Å². The number of carbonyl (C=O) groups is 1. The van der Waals surface area contributed by atoms with Gasteiger partial charge >= 0.3 is 0 Å². The minimum Gasteiger partial charge on any atom is -0.494 e. The quantitative estimate of drug-likeness (QED) is 0.511. The van der Waals surface area contributed by atoms with Crippen LogP contribution in [0.2, 0.25) is 0 Å². The Labute approximate surface area is 84.9 Å². The highest BCUT2D eigenvalue weighted by Crippen LogP contribution is 2.12. The van der Waals surface area contributed by atoms with Gasteiger partial charge in [-0.2, -0.15) is 0 Å². The van der Waals surface area contributed by atoms with Crippen molar-refractivity contribution < 1.29 is 9.53 Å². The third-order valence-electron chi connectivity index (χ3n) is 2.01. The van der Waals surface area contributed by atoms with E-state index in [-0.39, 0.29) is 0 Å². The third kappa shape index (κ3) is 3.60. The summed E-state index contributed by atoms with van der Waals surface area (Å²) < 4.78 is 5.49. The molecule has 0 saturated carbocycles. The molecule has 0 aliphatic carbocycles. The zero-order chi connectivity index (χ0) is 10.2. The first-order chi connectivity index (χ1) is 6.86. The summed E-state index contributed by atoms with van der Waals surface area (Å²) in [5.41, 5.74) is 1.03. The van der Waals surface area contributed by atoms with Crippen molar-refractivity contribution in [2.45, 2.75) is 26.2 Å². The van der Waals surface area contributed by atoms with Gasteiger partial charge < -0.3 is 9.53 Å². The molecule has 0 atom stereocenters. The van der Waals surface area contributed by atoms with Gasteiger partial charge in [-0.15, -0.1) is 0 Å². The number of rotatable bonds is 6. The first kappa shape index (κ1) is 10.8. The molecule has 0 unspecified atom stereocenters. The van der Waals surface area contributed by atoms with Crippen molar-refractivity contribution in [3.05, 3.63) is 29.8 Å². The van der Waals surface area contributed by atoms with Crippen molar-refractivity contribution in [2.75, 3.05) is 6.61 Å². The van der Waals surface area contributed by atoms with Crippen LogP contribution in [0.15, 0.2) is 24.3 Å². The van der Waals surface area contributed by atoms with Gasteiger partial charge in [0.15, 0.2) is 0 Å². The Kier molecular flexibility index (Phi) is 4.76. The number of ether oxygens (including phenoxy) is 1. The maximum Gasteiger partial charge on any atom is 0.124 e. The molecule has 0 bridgehead atoms. The van der Waals surface area contributed by atoms with Crippen molar-refractivity contribution in [1.29, 1.82) is 0 Å². The second kappa shape index (κ2) is 6.19. The minimum atomic E-state index is 0.481. The number of carbonyl (C=O) groups excluding carboxylic acids is 1. The summed E-state index contributed by atoms with van der Waals surface area (Å²) in [6.07, 6.45) is 3.61. The molecule has 0 heterocycles. The summed E-state index contributed by atoms with van der Waals surface area (Å²) in [6.45, 7) is 2.90. The van der Waals surface area contributed by atoms with Gasteiger partial charge in [0.25, 0.3) is 0 Å². The van der Waals surface area contributed by atoms with Gasteiger partial charge in [0.1, 0.15) is 12.0 Å². The van der Waals surface area contributed by atoms with Gasteiger partial charge in [-0.3, -0.25) is 0 Å². The van der Waals surface area contributed by atoms with Crippen LogP contribution >= 0.6 is 0 Å². The van der Waals surface area contributed by atoms with Gasteiger partial charge in [0.2, 0.25) is 0 Å². The fourth-order valence-electron chi connectivity index (χ4n) is 1.15. The van der Waals surface area contributed by atoms with E-state index in [1.54, 1.807) is 0 Å². The van der Waals surface area contributed by atoms with Gasteiger partial charge in [0.05, 0.1) is 6.61 Å². The summed E-state index contributed by atoms with van der Waals surface area (Å²) in [5, 5.41) is 0. The minimum absolute atomic E-state index is 0.481. The van der Waals surface area contributed by atoms with Crippen LogP contribution in [-0.4, -0.2) is 12.9 Å². The van der Waals surface area contributed by atoms with Crippen LogP contribution in [0.4, 0.5) is 0 Å². The van der Waals surface area contributed by atoms with E-state index in [0.717, 1.165) is 37.0 Å². The number of benzene rings is 1. The molecule has 2 nitrogen and oxygen atoms in total. The first-order valence-electron chi connectivity index (χ1n) is 5.02. The summed E-state index contributed by atoms with van der Waals surface area (Å²) in [6, 6.07) is 7.67. The highest BCUT2D eigenvalue weighted by Gasteiger charge is 1.94. The summed E-state index contributed by atoms with van der Waals surface area (Å²) >= 11 is 0. The van der Waals surface area contributed by atoms with Crippen LogP contribution in [0, 0.1) is 0 Å². The molecule has 0 spiro atoms. The molecule has 0 fully saturated rings. The average molecular weight is 192 g/mol. The van der Waals surface area contributed by atoms with Crippen molar-refractivity contribution in [2.24, 2.45) is 0 Å². The van der Waals surface area contributed by atoms with Crippen LogP contribution < -0.4 is 4.74 Å². The Balaban J connectivity index is 2.42. The molecule has 76 valence electrons. The summed E-state index contributed by atoms with van der Waals surface area (Å²) in [7, 11) is 0. The van der Waals surface area contributed by atoms with E-state index in [2.05, 4.69) is 6.92 Å². The second-order valence-electron chi connectivity index (χ2n) is 3.22. The van der Waals surface area contributed by atoms with Gasteiger partial charge in [-0.1, -0.05) is 25.5 Å². The largest absolute Gasteiger partial charge is 0.494 e. The Morgan fingerprint density at radius 2 is 2.00 bits per heavy atom. The van der Waals surface area contributed by atoms with E-state index in [9.17, 15) is 4.79 Å². The Morgan fingerprint density at radius 1 is 1.29 bits per heavy atom. The number of hydrogen-bond acceptors (Lipinski definition) is 2. The van der Waals surface area contributed by atoms with Crippen LogP contribution in [0.25, 0.3) is 0 Å². The SMILES string of the molecule is CCCCOc1ccc(CC=O)cc1. The molecular formula is C12H16O2. The van der Waals surface area contributed by atoms with Crippen molar-refractivity contribution in [3.63, 3.8) is 0 Å². The molecule has 14 heavy (non-hydrogen) atoms. The van der Waals surface area contributed by atoms with Crippen molar-refractivity contribution in [3.8, 4) is 5.75 Å². The van der Waals surface area contributed by atoms with E-state index in [1.165, 1.54) is 0 Å².